The van der Waals surface area contributed by atoms with Crippen molar-refractivity contribution < 1.29 is 0 Å². The Morgan fingerprint density at radius 3 is 2.55 bits per heavy atom. The Hall–Kier alpha value is 0.1000. The molecule has 4 heteroatoms. The summed E-state index contributed by atoms with van der Waals surface area (Å²) in [6.07, 6.45) is 6.41. The van der Waals surface area contributed by atoms with E-state index in [0.717, 1.165) is 12.3 Å². The van der Waals surface area contributed by atoms with Crippen molar-refractivity contribution in [1.82, 2.24) is 10.2 Å². The van der Waals surface area contributed by atoms with Crippen molar-refractivity contribution in [3.63, 3.8) is 0 Å². The second kappa shape index (κ2) is 6.91. The molecule has 114 valence electrons. The first-order valence-electron chi connectivity index (χ1n) is 7.56. The van der Waals surface area contributed by atoms with Crippen LogP contribution < -0.4 is 5.32 Å². The van der Waals surface area contributed by atoms with Crippen LogP contribution >= 0.6 is 27.3 Å². The number of rotatable bonds is 5. The second-order valence-electron chi connectivity index (χ2n) is 6.42. The van der Waals surface area contributed by atoms with Crippen LogP contribution in [0, 0.1) is 5.92 Å². The van der Waals surface area contributed by atoms with Gasteiger partial charge in [-0.2, -0.15) is 0 Å². The minimum absolute atomic E-state index is 0.296. The van der Waals surface area contributed by atoms with Crippen LogP contribution in [0.2, 0.25) is 0 Å². The molecule has 0 aromatic carbocycles. The zero-order valence-electron chi connectivity index (χ0n) is 13.1. The van der Waals surface area contributed by atoms with Gasteiger partial charge < -0.3 is 10.2 Å². The van der Waals surface area contributed by atoms with E-state index in [1.165, 1.54) is 35.0 Å². The maximum atomic E-state index is 3.68. The molecule has 0 aliphatic heterocycles. The molecule has 1 fully saturated rings. The molecule has 0 spiro atoms. The van der Waals surface area contributed by atoms with Crippen molar-refractivity contribution in [2.45, 2.75) is 50.6 Å². The Morgan fingerprint density at radius 1 is 1.45 bits per heavy atom. The first-order chi connectivity index (χ1) is 9.49. The SMILES string of the molecule is CNC(Cc1sccc1Br)C1(N(C)C)CCC(C)CC1. The van der Waals surface area contributed by atoms with Gasteiger partial charge in [-0.3, -0.25) is 0 Å². The summed E-state index contributed by atoms with van der Waals surface area (Å²) >= 11 is 5.54. The average Bonchev–Trinajstić information content (AvgIpc) is 2.82. The molecule has 2 nitrogen and oxygen atoms in total. The maximum absolute atomic E-state index is 3.68. The van der Waals surface area contributed by atoms with Gasteiger partial charge in [-0.15, -0.1) is 11.3 Å². The zero-order chi connectivity index (χ0) is 14.8. The Bertz CT molecular complexity index is 422. The molecule has 1 aliphatic rings. The van der Waals surface area contributed by atoms with Gasteiger partial charge in [0.25, 0.3) is 0 Å². The van der Waals surface area contributed by atoms with Crippen LogP contribution in [0.1, 0.15) is 37.5 Å². The number of nitrogens with zero attached hydrogens (tertiary/aromatic N) is 1. The predicted molar refractivity (Wildman–Crippen MR) is 92.6 cm³/mol. The quantitative estimate of drug-likeness (QED) is 0.850. The number of halogens is 1. The number of hydrogen-bond donors (Lipinski definition) is 1. The van der Waals surface area contributed by atoms with Crippen molar-refractivity contribution in [1.29, 1.82) is 0 Å². The smallest absolute Gasteiger partial charge is 0.0360 e. The van der Waals surface area contributed by atoms with E-state index in [1.54, 1.807) is 0 Å². The molecule has 1 atom stereocenters. The molecule has 1 aromatic rings. The van der Waals surface area contributed by atoms with E-state index < -0.39 is 0 Å². The van der Waals surface area contributed by atoms with Crippen molar-refractivity contribution in [2.75, 3.05) is 21.1 Å². The van der Waals surface area contributed by atoms with Crippen LogP contribution in [0.5, 0.6) is 0 Å². The fourth-order valence-corrected chi connectivity index (χ4v) is 5.15. The van der Waals surface area contributed by atoms with Gasteiger partial charge in [-0.25, -0.2) is 0 Å². The predicted octanol–water partition coefficient (Wildman–Crippen LogP) is 4.15. The topological polar surface area (TPSA) is 15.3 Å². The summed E-state index contributed by atoms with van der Waals surface area (Å²) in [7, 11) is 6.63. The zero-order valence-corrected chi connectivity index (χ0v) is 15.5. The molecule has 0 radical (unpaired) electrons. The van der Waals surface area contributed by atoms with E-state index in [1.807, 2.05) is 11.3 Å². The molecule has 1 saturated carbocycles. The normalized spacial score (nSPS) is 28.8. The summed E-state index contributed by atoms with van der Waals surface area (Å²) in [6, 6.07) is 2.68. The molecule has 1 aromatic heterocycles. The lowest BCUT2D eigenvalue weighted by atomic mass is 9.71. The Balaban J connectivity index is 2.20. The van der Waals surface area contributed by atoms with E-state index in [0.29, 0.717) is 11.6 Å². The lowest BCUT2D eigenvalue weighted by Crippen LogP contribution is -2.60. The molecule has 1 aliphatic carbocycles. The standard InChI is InChI=1S/C16H27BrN2S/c1-12-5-8-16(9-6-12,19(3)4)15(18-2)11-14-13(17)7-10-20-14/h7,10,12,15,18H,5-6,8-9,11H2,1-4H3. The third-order valence-electron chi connectivity index (χ3n) is 5.11. The van der Waals surface area contributed by atoms with Crippen molar-refractivity contribution in [3.05, 3.63) is 20.8 Å². The van der Waals surface area contributed by atoms with Crippen LogP contribution in [0.4, 0.5) is 0 Å². The molecular weight excluding hydrogens is 332 g/mol. The summed E-state index contributed by atoms with van der Waals surface area (Å²) in [5, 5.41) is 5.80. The Kier molecular flexibility index (Phi) is 5.69. The van der Waals surface area contributed by atoms with Gasteiger partial charge in [-0.1, -0.05) is 6.92 Å². The van der Waals surface area contributed by atoms with E-state index in [-0.39, 0.29) is 0 Å². The van der Waals surface area contributed by atoms with Gasteiger partial charge in [0, 0.05) is 20.9 Å². The molecule has 20 heavy (non-hydrogen) atoms. The monoisotopic (exact) mass is 358 g/mol. The summed E-state index contributed by atoms with van der Waals surface area (Å²) in [5.41, 5.74) is 0.296. The number of nitrogens with one attached hydrogen (secondary N) is 1. The molecule has 1 heterocycles. The van der Waals surface area contributed by atoms with E-state index in [4.69, 9.17) is 0 Å². The summed E-state index contributed by atoms with van der Waals surface area (Å²) in [5.74, 6) is 0.883. The summed E-state index contributed by atoms with van der Waals surface area (Å²) in [6.45, 7) is 2.39. The maximum Gasteiger partial charge on any atom is 0.0360 e. The summed E-state index contributed by atoms with van der Waals surface area (Å²) < 4.78 is 1.26. The second-order valence-corrected chi connectivity index (χ2v) is 8.27. The Morgan fingerprint density at radius 2 is 2.10 bits per heavy atom. The highest BCUT2D eigenvalue weighted by Gasteiger charge is 2.42. The average molecular weight is 359 g/mol. The van der Waals surface area contributed by atoms with Gasteiger partial charge in [0.1, 0.15) is 0 Å². The molecule has 0 saturated heterocycles. The minimum atomic E-state index is 0.296. The van der Waals surface area contributed by atoms with Gasteiger partial charge in [0.05, 0.1) is 0 Å². The van der Waals surface area contributed by atoms with Crippen LogP contribution in [-0.2, 0) is 6.42 Å². The number of thiophene rings is 1. The molecular formula is C16H27BrN2S. The largest absolute Gasteiger partial charge is 0.315 e. The Labute approximate surface area is 136 Å². The molecule has 0 bridgehead atoms. The first-order valence-corrected chi connectivity index (χ1v) is 9.23. The van der Waals surface area contributed by atoms with Crippen molar-refractivity contribution in [3.8, 4) is 0 Å². The van der Waals surface area contributed by atoms with Gasteiger partial charge in [-0.05, 0) is 86.5 Å². The lowest BCUT2D eigenvalue weighted by Gasteiger charge is -2.49. The van der Waals surface area contributed by atoms with E-state index in [2.05, 4.69) is 65.7 Å². The summed E-state index contributed by atoms with van der Waals surface area (Å²) in [4.78, 5) is 3.94. The molecule has 2 rings (SSSR count). The highest BCUT2D eigenvalue weighted by atomic mass is 79.9. The highest BCUT2D eigenvalue weighted by Crippen LogP contribution is 2.39. The third-order valence-corrected chi connectivity index (χ3v) is 7.06. The van der Waals surface area contributed by atoms with Crippen LogP contribution in [0.15, 0.2) is 15.9 Å². The van der Waals surface area contributed by atoms with Crippen molar-refractivity contribution in [2.24, 2.45) is 5.92 Å². The van der Waals surface area contributed by atoms with Crippen LogP contribution in [0.3, 0.4) is 0 Å². The minimum Gasteiger partial charge on any atom is -0.315 e. The number of likely N-dealkylation sites (N-methyl/N-ethyl adjacent to an activating group) is 2. The fourth-order valence-electron chi connectivity index (χ4n) is 3.59. The van der Waals surface area contributed by atoms with Crippen LogP contribution in [-0.4, -0.2) is 37.6 Å². The number of hydrogen-bond acceptors (Lipinski definition) is 3. The van der Waals surface area contributed by atoms with Gasteiger partial charge in [0.15, 0.2) is 0 Å². The fraction of sp³-hybridized carbons (Fsp3) is 0.750. The first kappa shape index (κ1) is 16.5. The lowest BCUT2D eigenvalue weighted by molar-refractivity contribution is 0.0463. The van der Waals surface area contributed by atoms with Crippen LogP contribution in [0.25, 0.3) is 0 Å². The van der Waals surface area contributed by atoms with E-state index in [9.17, 15) is 0 Å². The molecule has 1 N–H and O–H groups in total. The van der Waals surface area contributed by atoms with Gasteiger partial charge >= 0.3 is 0 Å². The third kappa shape index (κ3) is 3.29. The van der Waals surface area contributed by atoms with Crippen molar-refractivity contribution >= 4 is 27.3 Å². The van der Waals surface area contributed by atoms with Gasteiger partial charge in [0.2, 0.25) is 0 Å². The molecule has 1 unspecified atom stereocenters. The molecule has 0 amide bonds. The highest BCUT2D eigenvalue weighted by molar-refractivity contribution is 9.10. The van der Waals surface area contributed by atoms with E-state index >= 15 is 0 Å².